The van der Waals surface area contributed by atoms with Crippen LogP contribution in [0.25, 0.3) is 11.3 Å². The largest absolute Gasteiger partial charge is 0.497 e. The highest BCUT2D eigenvalue weighted by molar-refractivity contribution is 9.10. The highest BCUT2D eigenvalue weighted by atomic mass is 79.9. The molecule has 0 aliphatic carbocycles. The summed E-state index contributed by atoms with van der Waals surface area (Å²) in [6, 6.07) is 23.0. The van der Waals surface area contributed by atoms with Crippen molar-refractivity contribution in [1.29, 1.82) is 0 Å². The first-order valence-electron chi connectivity index (χ1n) is 16.0. The van der Waals surface area contributed by atoms with Gasteiger partial charge in [-0.3, -0.25) is 9.59 Å². The molecule has 6 rings (SSSR count). The van der Waals surface area contributed by atoms with Gasteiger partial charge in [0.2, 0.25) is 0 Å². The monoisotopic (exact) mass is 742 g/mol. The number of hydrogen-bond acceptors (Lipinski definition) is 10. The van der Waals surface area contributed by atoms with Crippen LogP contribution in [-0.4, -0.2) is 74.1 Å². The molecule has 12 nitrogen and oxygen atoms in total. The Labute approximate surface area is 300 Å². The van der Waals surface area contributed by atoms with E-state index in [1.165, 1.54) is 18.6 Å². The summed E-state index contributed by atoms with van der Waals surface area (Å²) < 4.78 is 23.0. The van der Waals surface area contributed by atoms with Gasteiger partial charge in [0.25, 0.3) is 0 Å². The molecule has 50 heavy (non-hydrogen) atoms. The summed E-state index contributed by atoms with van der Waals surface area (Å²) in [5.74, 6) is 1.35. The van der Waals surface area contributed by atoms with Gasteiger partial charge in [0.15, 0.2) is 27.6 Å². The minimum Gasteiger partial charge on any atom is -0.497 e. The van der Waals surface area contributed by atoms with Crippen molar-refractivity contribution >= 4 is 40.1 Å². The Morgan fingerprint density at radius 2 is 1.12 bits per heavy atom. The van der Waals surface area contributed by atoms with Gasteiger partial charge in [-0.25, -0.2) is 0 Å². The Balaban J connectivity index is 0.000000228. The van der Waals surface area contributed by atoms with Gasteiger partial charge in [0, 0.05) is 19.4 Å². The van der Waals surface area contributed by atoms with Crippen molar-refractivity contribution in [2.24, 2.45) is 0 Å². The van der Waals surface area contributed by atoms with E-state index >= 15 is 0 Å². The lowest BCUT2D eigenvalue weighted by molar-refractivity contribution is 0.00578. The summed E-state index contributed by atoms with van der Waals surface area (Å²) >= 11 is 3.22. The third-order valence-corrected chi connectivity index (χ3v) is 9.15. The Bertz CT molecular complexity index is 1940. The topological polar surface area (TPSA) is 132 Å². The van der Waals surface area contributed by atoms with Crippen molar-refractivity contribution in [1.82, 2.24) is 30.0 Å². The van der Waals surface area contributed by atoms with Crippen molar-refractivity contribution in [3.8, 4) is 22.8 Å². The molecule has 0 unspecified atom stereocenters. The standard InChI is InChI=1S/C24H28BN3O4.C12H12BrN3O2/c1-16(29)21-22(27-28(26-21)15-17-7-13-20(30-6)14-8-17)18-9-11-19(12-10-18)25-31-23(2,3)24(4,5)32-25;1-8(17)11-12(13)15-16(14-11)7-9-3-5-10(18-2)6-4-9/h7-14H,15H2,1-6H3;3-6H,7H2,1-2H3. The number of Topliss-reactive ketones (excluding diaryl/α,β-unsaturated/α-hetero) is 2. The molecular weight excluding hydrogens is 703 g/mol. The molecule has 1 aliphatic heterocycles. The summed E-state index contributed by atoms with van der Waals surface area (Å²) in [5, 5.41) is 17.3. The molecule has 260 valence electrons. The van der Waals surface area contributed by atoms with Crippen molar-refractivity contribution in [3.05, 3.63) is 99.9 Å². The lowest BCUT2D eigenvalue weighted by Gasteiger charge is -2.32. The third kappa shape index (κ3) is 8.37. The fraction of sp³-hybridized carbons (Fsp3) is 0.333. The molecule has 5 aromatic rings. The van der Waals surface area contributed by atoms with Crippen LogP contribution in [0.15, 0.2) is 77.4 Å². The van der Waals surface area contributed by atoms with Gasteiger partial charge in [-0.1, -0.05) is 48.5 Å². The number of aromatic nitrogens is 6. The van der Waals surface area contributed by atoms with Crippen molar-refractivity contribution in [3.63, 3.8) is 0 Å². The fourth-order valence-corrected chi connectivity index (χ4v) is 5.57. The smallest absolute Gasteiger partial charge is 0.494 e. The normalized spacial score (nSPS) is 14.5. The van der Waals surface area contributed by atoms with Gasteiger partial charge in [0.05, 0.1) is 38.5 Å². The first kappa shape index (κ1) is 36.6. The Morgan fingerprint density at radius 1 is 0.680 bits per heavy atom. The number of benzene rings is 3. The molecular formula is C36H40BBrN6O6. The first-order chi connectivity index (χ1) is 23.7. The molecule has 14 heteroatoms. The van der Waals surface area contributed by atoms with Crippen LogP contribution in [0.1, 0.15) is 73.6 Å². The fourth-order valence-electron chi connectivity index (χ4n) is 5.03. The molecule has 1 saturated heterocycles. The Kier molecular flexibility index (Phi) is 11.0. The van der Waals surface area contributed by atoms with Crippen LogP contribution < -0.4 is 14.9 Å². The number of ether oxygens (including phenoxy) is 2. The number of nitrogens with zero attached hydrogens (tertiary/aromatic N) is 6. The maximum absolute atomic E-state index is 12.2. The van der Waals surface area contributed by atoms with E-state index in [0.717, 1.165) is 33.7 Å². The maximum atomic E-state index is 12.2. The summed E-state index contributed by atoms with van der Waals surface area (Å²) in [4.78, 5) is 26.5. The minimum atomic E-state index is -0.438. The van der Waals surface area contributed by atoms with Gasteiger partial charge < -0.3 is 18.8 Å². The molecule has 0 bridgehead atoms. The summed E-state index contributed by atoms with van der Waals surface area (Å²) in [7, 11) is 2.82. The number of hydrogen-bond donors (Lipinski definition) is 0. The van der Waals surface area contributed by atoms with E-state index in [1.54, 1.807) is 19.0 Å². The van der Waals surface area contributed by atoms with Gasteiger partial charge in [-0.15, -0.1) is 15.3 Å². The lowest BCUT2D eigenvalue weighted by Crippen LogP contribution is -2.41. The first-order valence-corrected chi connectivity index (χ1v) is 16.8. The number of methoxy groups -OCH3 is 2. The average Bonchev–Trinajstić information content (AvgIpc) is 3.74. The number of carbonyl (C=O) groups excluding carboxylic acids is 2. The number of ketones is 2. The molecule has 1 fully saturated rings. The Morgan fingerprint density at radius 3 is 1.54 bits per heavy atom. The predicted molar refractivity (Wildman–Crippen MR) is 193 cm³/mol. The average molecular weight is 743 g/mol. The van der Waals surface area contributed by atoms with Crippen LogP contribution in [0.3, 0.4) is 0 Å². The van der Waals surface area contributed by atoms with Crippen molar-refractivity contribution in [2.45, 2.75) is 65.8 Å². The van der Waals surface area contributed by atoms with Crippen LogP contribution in [0.2, 0.25) is 0 Å². The van der Waals surface area contributed by atoms with E-state index in [-0.39, 0.29) is 11.6 Å². The zero-order valence-electron chi connectivity index (χ0n) is 29.4. The maximum Gasteiger partial charge on any atom is 0.494 e. The molecule has 3 aromatic carbocycles. The second-order valence-corrected chi connectivity index (χ2v) is 13.6. The molecule has 2 aromatic heterocycles. The molecule has 0 radical (unpaired) electrons. The second kappa shape index (κ2) is 15.1. The van der Waals surface area contributed by atoms with E-state index in [1.807, 2.05) is 100 Å². The second-order valence-electron chi connectivity index (χ2n) is 12.8. The van der Waals surface area contributed by atoms with Crippen LogP contribution in [0.5, 0.6) is 11.5 Å². The van der Waals surface area contributed by atoms with E-state index in [2.05, 4.69) is 36.3 Å². The van der Waals surface area contributed by atoms with E-state index in [4.69, 9.17) is 18.8 Å². The number of carbonyl (C=O) groups is 2. The summed E-state index contributed by atoms with van der Waals surface area (Å²) in [6.07, 6.45) is 0. The van der Waals surface area contributed by atoms with Crippen LogP contribution in [0.4, 0.5) is 0 Å². The highest BCUT2D eigenvalue weighted by Crippen LogP contribution is 2.36. The molecule has 0 spiro atoms. The van der Waals surface area contributed by atoms with E-state index < -0.39 is 18.3 Å². The predicted octanol–water partition coefficient (Wildman–Crippen LogP) is 5.80. The molecule has 0 N–H and O–H groups in total. The SMILES string of the molecule is COc1ccc(Cn2nc(Br)c(C(C)=O)n2)cc1.COc1ccc(Cn2nc(C(C)=O)c(-c3ccc(B4OC(C)(C)C(C)(C)O4)cc3)n2)cc1. The zero-order valence-corrected chi connectivity index (χ0v) is 31.0. The van der Waals surface area contributed by atoms with Crippen molar-refractivity contribution < 1.29 is 28.4 Å². The third-order valence-electron chi connectivity index (χ3n) is 8.61. The summed E-state index contributed by atoms with van der Waals surface area (Å²) in [5.41, 5.74) is 4.24. The summed E-state index contributed by atoms with van der Waals surface area (Å²) in [6.45, 7) is 12.1. The lowest BCUT2D eigenvalue weighted by atomic mass is 9.78. The Hall–Kier alpha value is -4.66. The van der Waals surface area contributed by atoms with Crippen LogP contribution in [0, 0.1) is 0 Å². The molecule has 0 atom stereocenters. The van der Waals surface area contributed by atoms with Gasteiger partial charge in [-0.05, 0) is 84.5 Å². The highest BCUT2D eigenvalue weighted by Gasteiger charge is 2.51. The quantitative estimate of drug-likeness (QED) is 0.128. The van der Waals surface area contributed by atoms with Crippen LogP contribution >= 0.6 is 15.9 Å². The van der Waals surface area contributed by atoms with E-state index in [0.29, 0.717) is 34.8 Å². The molecule has 0 saturated carbocycles. The molecule has 3 heterocycles. The molecule has 1 aliphatic rings. The van der Waals surface area contributed by atoms with Gasteiger partial charge >= 0.3 is 7.12 Å². The van der Waals surface area contributed by atoms with Gasteiger partial charge in [0.1, 0.15) is 17.2 Å². The van der Waals surface area contributed by atoms with E-state index in [9.17, 15) is 9.59 Å². The molecule has 0 amide bonds. The minimum absolute atomic E-state index is 0.108. The van der Waals surface area contributed by atoms with Crippen molar-refractivity contribution in [2.75, 3.05) is 14.2 Å². The van der Waals surface area contributed by atoms with Crippen LogP contribution in [-0.2, 0) is 22.4 Å². The number of halogens is 1. The zero-order chi connectivity index (χ0) is 36.2. The van der Waals surface area contributed by atoms with Gasteiger partial charge in [-0.2, -0.15) is 14.7 Å². The number of rotatable bonds is 10.